The molecule has 1 aliphatic heterocycles. The second kappa shape index (κ2) is 10.4. The second-order valence-corrected chi connectivity index (χ2v) is 10.1. The van der Waals surface area contributed by atoms with Crippen molar-refractivity contribution in [2.24, 2.45) is 0 Å². The summed E-state index contributed by atoms with van der Waals surface area (Å²) in [5, 5.41) is 10.9. The first-order valence-electron chi connectivity index (χ1n) is 13.0. The van der Waals surface area contributed by atoms with Gasteiger partial charge in [-0.15, -0.1) is 0 Å². The lowest BCUT2D eigenvalue weighted by Gasteiger charge is -2.28. The number of para-hydroxylation sites is 1. The molecule has 35 heavy (non-hydrogen) atoms. The van der Waals surface area contributed by atoms with Crippen LogP contribution in [0.15, 0.2) is 42.5 Å². The topological polar surface area (TPSA) is 57.9 Å². The van der Waals surface area contributed by atoms with Crippen LogP contribution in [0, 0.1) is 0 Å². The minimum absolute atomic E-state index is 0.363. The summed E-state index contributed by atoms with van der Waals surface area (Å²) < 4.78 is 7.67. The highest BCUT2D eigenvalue weighted by molar-refractivity contribution is 5.99. The zero-order valence-electron chi connectivity index (χ0n) is 21.0. The third kappa shape index (κ3) is 4.69. The van der Waals surface area contributed by atoms with Gasteiger partial charge in [-0.3, -0.25) is 0 Å². The summed E-state index contributed by atoms with van der Waals surface area (Å²) >= 11 is 0. The molecule has 1 N–H and O–H groups in total. The fraction of sp³-hybridized carbons (Fsp3) is 0.483. The Labute approximate surface area is 208 Å². The molecule has 6 nitrogen and oxygen atoms in total. The van der Waals surface area contributed by atoms with Gasteiger partial charge in [-0.05, 0) is 49.6 Å². The Morgan fingerprint density at radius 2 is 1.89 bits per heavy atom. The Bertz CT molecular complexity index is 1200. The number of anilines is 1. The van der Waals surface area contributed by atoms with Crippen LogP contribution in [0.5, 0.6) is 0 Å². The number of benzene rings is 2. The first kappa shape index (κ1) is 23.9. The van der Waals surface area contributed by atoms with Crippen LogP contribution in [0.4, 0.5) is 5.69 Å². The van der Waals surface area contributed by atoms with E-state index in [2.05, 4.69) is 51.7 Å². The van der Waals surface area contributed by atoms with Gasteiger partial charge >= 0.3 is 5.97 Å². The SMILES string of the molecule is COCCN(C)CCN1CCn2c(c(C3CCCCC3)c3ccc(C(=O)O)cc32)-c2ccccc21. The van der Waals surface area contributed by atoms with Gasteiger partial charge in [0.2, 0.25) is 0 Å². The molecule has 0 radical (unpaired) electrons. The minimum Gasteiger partial charge on any atom is -0.478 e. The lowest BCUT2D eigenvalue weighted by atomic mass is 9.81. The summed E-state index contributed by atoms with van der Waals surface area (Å²) in [5.74, 6) is -0.339. The highest BCUT2D eigenvalue weighted by atomic mass is 16.5. The number of aromatic nitrogens is 1. The third-order valence-corrected chi connectivity index (χ3v) is 7.89. The summed E-state index contributed by atoms with van der Waals surface area (Å²) in [6.45, 7) is 5.30. The van der Waals surface area contributed by atoms with Crippen molar-refractivity contribution in [2.75, 3.05) is 51.8 Å². The Hall–Kier alpha value is -2.83. The average molecular weight is 476 g/mol. The maximum absolute atomic E-state index is 11.8. The molecular formula is C29H37N3O3. The standard InChI is InChI=1S/C29H37N3O3/c1-30(18-19-35-2)14-15-31-16-17-32-26-20-22(29(33)34)12-13-23(26)27(21-8-4-3-5-9-21)28(32)24-10-6-7-11-25(24)31/h6-7,10-13,20-21H,3-5,8-9,14-19H2,1-2H3,(H,33,34). The van der Waals surface area contributed by atoms with Gasteiger partial charge in [-0.1, -0.05) is 43.5 Å². The number of likely N-dealkylation sites (N-methyl/N-ethyl adjacent to an activating group) is 1. The Balaban J connectivity index is 1.61. The monoisotopic (exact) mass is 475 g/mol. The number of carbonyl (C=O) groups is 1. The summed E-state index contributed by atoms with van der Waals surface area (Å²) in [6, 6.07) is 14.5. The molecule has 0 saturated heterocycles. The molecular weight excluding hydrogens is 438 g/mol. The van der Waals surface area contributed by atoms with Gasteiger partial charge in [-0.2, -0.15) is 0 Å². The molecule has 1 aliphatic carbocycles. The van der Waals surface area contributed by atoms with E-state index >= 15 is 0 Å². The number of carboxylic acid groups (broad SMARTS) is 1. The Kier molecular flexibility index (Phi) is 7.12. The van der Waals surface area contributed by atoms with E-state index < -0.39 is 5.97 Å². The van der Waals surface area contributed by atoms with Crippen molar-refractivity contribution < 1.29 is 14.6 Å². The van der Waals surface area contributed by atoms with Crippen molar-refractivity contribution in [3.05, 3.63) is 53.6 Å². The van der Waals surface area contributed by atoms with Crippen molar-refractivity contribution >= 4 is 22.6 Å². The molecule has 5 rings (SSSR count). The number of carboxylic acids is 1. The molecule has 6 heteroatoms. The van der Waals surface area contributed by atoms with Crippen LogP contribution < -0.4 is 4.90 Å². The molecule has 0 amide bonds. The summed E-state index contributed by atoms with van der Waals surface area (Å²) in [6.07, 6.45) is 6.28. The van der Waals surface area contributed by atoms with E-state index in [0.29, 0.717) is 11.5 Å². The molecule has 1 aromatic heterocycles. The fourth-order valence-corrected chi connectivity index (χ4v) is 6.01. The minimum atomic E-state index is -0.864. The van der Waals surface area contributed by atoms with Crippen LogP contribution in [0.2, 0.25) is 0 Å². The maximum atomic E-state index is 11.8. The Morgan fingerprint density at radius 3 is 2.66 bits per heavy atom. The molecule has 2 aliphatic rings. The number of rotatable bonds is 8. The number of hydrogen-bond acceptors (Lipinski definition) is 4. The molecule has 3 aromatic rings. The van der Waals surface area contributed by atoms with Crippen LogP contribution >= 0.6 is 0 Å². The lowest BCUT2D eigenvalue weighted by Crippen LogP contribution is -2.36. The van der Waals surface area contributed by atoms with E-state index in [0.717, 1.165) is 44.8 Å². The summed E-state index contributed by atoms with van der Waals surface area (Å²) in [5.41, 5.74) is 6.72. The van der Waals surface area contributed by atoms with Crippen molar-refractivity contribution in [3.8, 4) is 11.3 Å². The van der Waals surface area contributed by atoms with E-state index in [-0.39, 0.29) is 0 Å². The van der Waals surface area contributed by atoms with E-state index in [1.54, 1.807) is 13.2 Å². The van der Waals surface area contributed by atoms with Gasteiger partial charge < -0.3 is 24.2 Å². The van der Waals surface area contributed by atoms with Crippen LogP contribution in [0.3, 0.4) is 0 Å². The maximum Gasteiger partial charge on any atom is 0.335 e. The highest BCUT2D eigenvalue weighted by Crippen LogP contribution is 2.47. The van der Waals surface area contributed by atoms with Gasteiger partial charge in [0.25, 0.3) is 0 Å². The zero-order chi connectivity index (χ0) is 24.4. The van der Waals surface area contributed by atoms with Gasteiger partial charge in [0.15, 0.2) is 0 Å². The van der Waals surface area contributed by atoms with Crippen molar-refractivity contribution in [3.63, 3.8) is 0 Å². The van der Waals surface area contributed by atoms with Gasteiger partial charge in [0.05, 0.1) is 17.9 Å². The number of aromatic carboxylic acids is 1. The zero-order valence-corrected chi connectivity index (χ0v) is 21.0. The predicted octanol–water partition coefficient (Wildman–Crippen LogP) is 5.45. The van der Waals surface area contributed by atoms with Crippen LogP contribution in [0.1, 0.15) is 53.9 Å². The second-order valence-electron chi connectivity index (χ2n) is 10.1. The predicted molar refractivity (Wildman–Crippen MR) is 142 cm³/mol. The molecule has 0 spiro atoms. The molecule has 186 valence electrons. The first-order chi connectivity index (χ1) is 17.1. The largest absolute Gasteiger partial charge is 0.478 e. The third-order valence-electron chi connectivity index (χ3n) is 7.89. The number of ether oxygens (including phenoxy) is 1. The fourth-order valence-electron chi connectivity index (χ4n) is 6.01. The highest BCUT2D eigenvalue weighted by Gasteiger charge is 2.30. The Morgan fingerprint density at radius 1 is 1.09 bits per heavy atom. The quantitative estimate of drug-likeness (QED) is 0.469. The number of nitrogens with zero attached hydrogens (tertiary/aromatic N) is 3. The number of methoxy groups -OCH3 is 1. The van der Waals surface area contributed by atoms with Crippen molar-refractivity contribution in [2.45, 2.75) is 44.6 Å². The number of hydrogen-bond donors (Lipinski definition) is 1. The normalized spacial score (nSPS) is 16.4. The molecule has 2 aromatic carbocycles. The van der Waals surface area contributed by atoms with Crippen LogP contribution in [-0.2, 0) is 11.3 Å². The van der Waals surface area contributed by atoms with Crippen LogP contribution in [-0.4, -0.2) is 67.5 Å². The average Bonchev–Trinajstić information content (AvgIpc) is 3.12. The molecule has 0 atom stereocenters. The van der Waals surface area contributed by atoms with Crippen LogP contribution in [0.25, 0.3) is 22.2 Å². The molecule has 2 heterocycles. The van der Waals surface area contributed by atoms with Crippen molar-refractivity contribution in [1.29, 1.82) is 0 Å². The van der Waals surface area contributed by atoms with Crippen molar-refractivity contribution in [1.82, 2.24) is 9.47 Å². The summed E-state index contributed by atoms with van der Waals surface area (Å²) in [7, 11) is 3.89. The smallest absolute Gasteiger partial charge is 0.335 e. The first-order valence-corrected chi connectivity index (χ1v) is 13.0. The summed E-state index contributed by atoms with van der Waals surface area (Å²) in [4.78, 5) is 16.7. The van der Waals surface area contributed by atoms with E-state index in [1.165, 1.54) is 60.0 Å². The van der Waals surface area contributed by atoms with E-state index in [4.69, 9.17) is 4.74 Å². The van der Waals surface area contributed by atoms with Gasteiger partial charge in [0.1, 0.15) is 0 Å². The number of fused-ring (bicyclic) bond motifs is 5. The molecule has 0 unspecified atom stereocenters. The molecule has 1 fully saturated rings. The lowest BCUT2D eigenvalue weighted by molar-refractivity contribution is 0.0697. The molecule has 0 bridgehead atoms. The van der Waals surface area contributed by atoms with E-state index in [1.807, 2.05) is 6.07 Å². The van der Waals surface area contributed by atoms with E-state index in [9.17, 15) is 9.90 Å². The van der Waals surface area contributed by atoms with Gasteiger partial charge in [0, 0.05) is 62.0 Å². The van der Waals surface area contributed by atoms with Gasteiger partial charge in [-0.25, -0.2) is 4.79 Å². The molecule has 1 saturated carbocycles.